The molecule has 3 aliphatic rings. The van der Waals surface area contributed by atoms with Gasteiger partial charge in [-0.1, -0.05) is 203 Å². The predicted octanol–water partition coefficient (Wildman–Crippen LogP) is 23.3. The topological polar surface area (TPSA) is 139 Å². The van der Waals surface area contributed by atoms with Gasteiger partial charge in [0.25, 0.3) is 0 Å². The van der Waals surface area contributed by atoms with Crippen LogP contribution in [-0.2, 0) is 48.7 Å². The van der Waals surface area contributed by atoms with Gasteiger partial charge in [-0.3, -0.25) is 29.9 Å². The average Bonchev–Trinajstić information content (AvgIpc) is 0.729. The van der Waals surface area contributed by atoms with Gasteiger partial charge in [0.05, 0.1) is 118 Å². The zero-order chi connectivity index (χ0) is 70.9. The molecular weight excluding hydrogens is 1330 g/mol. The van der Waals surface area contributed by atoms with Gasteiger partial charge in [-0.25, -0.2) is 9.97 Å². The van der Waals surface area contributed by atoms with Crippen LogP contribution in [0.1, 0.15) is 233 Å². The van der Waals surface area contributed by atoms with Gasteiger partial charge in [0.2, 0.25) is 0 Å². The fourth-order valence-electron chi connectivity index (χ4n) is 14.4. The number of anilines is 6. The molecule has 0 fully saturated rings. The number of nitrogens with zero attached hydrogens (tertiary/aromatic N) is 8. The summed E-state index contributed by atoms with van der Waals surface area (Å²) >= 11 is 7.08. The molecule has 4 aromatic heterocycles. The maximum atomic E-state index is 5.48. The Morgan fingerprint density at radius 2 is 0.388 bits per heavy atom. The van der Waals surface area contributed by atoms with E-state index in [0.29, 0.717) is 9.21 Å². The molecule has 0 atom stereocenters. The van der Waals surface area contributed by atoms with Gasteiger partial charge in [0.1, 0.15) is 9.21 Å². The zero-order valence-corrected chi connectivity index (χ0v) is 65.1. The van der Waals surface area contributed by atoms with E-state index in [-0.39, 0.29) is 32.5 Å². The van der Waals surface area contributed by atoms with E-state index >= 15 is 0 Å². The summed E-state index contributed by atoms with van der Waals surface area (Å²) in [6.07, 6.45) is 15.2. The van der Waals surface area contributed by atoms with E-state index in [2.05, 4.69) is 297 Å². The second-order valence-electron chi connectivity index (χ2n) is 35.5. The molecule has 11 nitrogen and oxygen atoms in total. The van der Waals surface area contributed by atoms with Gasteiger partial charge in [-0.2, -0.15) is 0 Å². The van der Waals surface area contributed by atoms with Crippen LogP contribution >= 0.6 is 31.9 Å². The lowest BCUT2D eigenvalue weighted by atomic mass is 9.69. The van der Waals surface area contributed by atoms with E-state index in [4.69, 9.17) is 29.9 Å². The third-order valence-electron chi connectivity index (χ3n) is 21.0. The molecule has 0 bridgehead atoms. The smallest absolute Gasteiger partial charge is 0.124 e. The van der Waals surface area contributed by atoms with Crippen molar-refractivity contribution in [1.82, 2.24) is 39.9 Å². The van der Waals surface area contributed by atoms with Crippen molar-refractivity contribution in [3.8, 4) is 67.5 Å². The molecule has 3 aliphatic heterocycles. The summed E-state index contributed by atoms with van der Waals surface area (Å²) in [6, 6.07) is 28.3. The van der Waals surface area contributed by atoms with Crippen molar-refractivity contribution in [2.24, 2.45) is 0 Å². The van der Waals surface area contributed by atoms with E-state index in [1.54, 1.807) is 12.4 Å². The Morgan fingerprint density at radius 1 is 0.235 bits per heavy atom. The molecule has 0 amide bonds. The fraction of sp³-hybridized carbons (Fsp3) is 0.388. The van der Waals surface area contributed by atoms with Crippen molar-refractivity contribution in [1.29, 1.82) is 0 Å². The molecule has 10 aromatic rings. The highest BCUT2D eigenvalue weighted by molar-refractivity contribution is 9.10. The average molecular weight is 1430 g/mol. The summed E-state index contributed by atoms with van der Waals surface area (Å²) in [5.74, 6) is 0. The van der Waals surface area contributed by atoms with Crippen LogP contribution in [0.2, 0.25) is 0 Å². The van der Waals surface area contributed by atoms with Crippen LogP contribution in [0.25, 0.3) is 67.5 Å². The molecule has 13 rings (SSSR count). The minimum absolute atomic E-state index is 0.118. The first-order valence-electron chi connectivity index (χ1n) is 34.5. The molecule has 3 N–H and O–H groups in total. The normalized spacial score (nSPS) is 15.3. The summed E-state index contributed by atoms with van der Waals surface area (Å²) in [4.78, 5) is 41.1. The van der Waals surface area contributed by atoms with E-state index < -0.39 is 16.2 Å². The van der Waals surface area contributed by atoms with E-state index in [1.807, 2.05) is 37.2 Å². The minimum atomic E-state index is -0.478. The number of hydrogen-bond acceptors (Lipinski definition) is 11. The molecule has 0 unspecified atom stereocenters. The monoisotopic (exact) mass is 1430 g/mol. The number of nitrogens with one attached hydrogen (secondary N) is 3. The maximum Gasteiger partial charge on any atom is 0.124 e. The molecule has 0 radical (unpaired) electrons. The summed E-state index contributed by atoms with van der Waals surface area (Å²) in [7, 11) is 0. The molecular formula is C85H95Br2N11. The zero-order valence-electron chi connectivity index (χ0n) is 61.9. The number of halogens is 2. The molecule has 0 aliphatic carbocycles. The van der Waals surface area contributed by atoms with Gasteiger partial charge < -0.3 is 16.0 Å². The molecule has 13 heteroatoms. The molecule has 504 valence electrons. The Hall–Kier alpha value is -8.00. The van der Waals surface area contributed by atoms with Crippen LogP contribution in [0, 0.1) is 0 Å². The lowest BCUT2D eigenvalue weighted by Gasteiger charge is -2.40. The van der Waals surface area contributed by atoms with Crippen LogP contribution in [0.4, 0.5) is 34.1 Å². The van der Waals surface area contributed by atoms with Crippen LogP contribution in [-0.4, -0.2) is 39.9 Å². The fourth-order valence-corrected chi connectivity index (χ4v) is 14.8. The minimum Gasteiger partial charge on any atom is -0.354 e. The standard InChI is InChI=1S/C85H95Br2N11/c1-77(2,3)45-25-51(63-37-90-65(39-88-63)53-27-47(79(7,8)9)33-59-73(53)97-75-55(67-41-94-69(86)43-92-67)29-49(81(13,14)15)35-61(75)84(59,21)22)71-57(31-45)83(19,20)58-32-46(78(4,5)6)26-52(72(58)96-71)64-38-91-66(40-89-64)54-28-48(80(10,11)12)34-60-74(54)98-76-56(68-42-95-70(87)44-93-68)30-50(82(16,17)18)36-62(76)85(60,23)24/h25-44,96-98H,1-24H3. The van der Waals surface area contributed by atoms with Crippen molar-refractivity contribution < 1.29 is 0 Å². The van der Waals surface area contributed by atoms with Crippen LogP contribution in [0.3, 0.4) is 0 Å². The maximum absolute atomic E-state index is 5.48. The molecule has 0 saturated heterocycles. The van der Waals surface area contributed by atoms with Crippen molar-refractivity contribution >= 4 is 66.0 Å². The van der Waals surface area contributed by atoms with Crippen molar-refractivity contribution in [3.05, 3.63) is 198 Å². The second kappa shape index (κ2) is 23.0. The first-order chi connectivity index (χ1) is 45.4. The summed E-state index contributed by atoms with van der Waals surface area (Å²) in [5, 5.41) is 12.2. The Kier molecular flexibility index (Phi) is 16.1. The Labute approximate surface area is 598 Å². The molecule has 6 aromatic carbocycles. The first-order valence-corrected chi connectivity index (χ1v) is 36.1. The quantitative estimate of drug-likeness (QED) is 0.147. The largest absolute Gasteiger partial charge is 0.354 e. The number of benzene rings is 6. The Balaban J connectivity index is 0.936. The van der Waals surface area contributed by atoms with Crippen LogP contribution in [0.5, 0.6) is 0 Å². The third kappa shape index (κ3) is 12.0. The molecule has 7 heterocycles. The lowest BCUT2D eigenvalue weighted by molar-refractivity contribution is 0.574. The van der Waals surface area contributed by atoms with Gasteiger partial charge in [0.15, 0.2) is 0 Å². The lowest BCUT2D eigenvalue weighted by Crippen LogP contribution is -2.29. The SMILES string of the molecule is CC(C)(C)c1cc(-c2cnc(Br)cn2)c2c(c1)C(C)(C)c1cc(C(C)(C)C)cc(-c3cnc(-c4cc(C(C)(C)C)cc5c4Nc4c(-c6cnc(-c7cc(C(C)(C)C)cc8c7Nc7c(-c9cnc(Br)cn9)cc(C(C)(C)C)cc7C8(C)C)cn6)cc(C(C)(C)C)cc4C5(C)C)cn3)c1N2. The number of aromatic nitrogens is 8. The van der Waals surface area contributed by atoms with Crippen molar-refractivity contribution in [2.75, 3.05) is 16.0 Å². The summed E-state index contributed by atoms with van der Waals surface area (Å²) in [6.45, 7) is 55.3. The highest BCUT2D eigenvalue weighted by Crippen LogP contribution is 2.58. The third-order valence-corrected chi connectivity index (χ3v) is 21.8. The van der Waals surface area contributed by atoms with Crippen LogP contribution in [0.15, 0.2) is 132 Å². The first kappa shape index (κ1) is 68.5. The van der Waals surface area contributed by atoms with Crippen LogP contribution < -0.4 is 16.0 Å². The number of fused-ring (bicyclic) bond motifs is 6. The van der Waals surface area contributed by atoms with Gasteiger partial charge in [0, 0.05) is 49.6 Å². The Morgan fingerprint density at radius 3 is 0.520 bits per heavy atom. The summed E-state index contributed by atoms with van der Waals surface area (Å²) < 4.78 is 1.38. The Bertz CT molecular complexity index is 4580. The molecule has 0 spiro atoms. The van der Waals surface area contributed by atoms with E-state index in [9.17, 15) is 0 Å². The highest BCUT2D eigenvalue weighted by Gasteiger charge is 2.43. The molecule has 98 heavy (non-hydrogen) atoms. The van der Waals surface area contributed by atoms with E-state index in [0.717, 1.165) is 102 Å². The highest BCUT2D eigenvalue weighted by atomic mass is 79.9. The van der Waals surface area contributed by atoms with Crippen molar-refractivity contribution in [2.45, 2.75) is 215 Å². The number of hydrogen-bond donors (Lipinski definition) is 3. The summed E-state index contributed by atoms with van der Waals surface area (Å²) in [5.41, 5.74) is 29.1. The van der Waals surface area contributed by atoms with Gasteiger partial charge in [-0.15, -0.1) is 0 Å². The van der Waals surface area contributed by atoms with Gasteiger partial charge in [-0.05, 0) is 168 Å². The predicted molar refractivity (Wildman–Crippen MR) is 415 cm³/mol. The number of rotatable bonds is 6. The molecule has 0 saturated carbocycles. The second-order valence-corrected chi connectivity index (χ2v) is 37.1. The van der Waals surface area contributed by atoms with Gasteiger partial charge >= 0.3 is 0 Å². The van der Waals surface area contributed by atoms with E-state index in [1.165, 1.54) is 66.8 Å². The van der Waals surface area contributed by atoms with Crippen molar-refractivity contribution in [3.63, 3.8) is 0 Å².